The molecule has 1 aromatic heterocycles. The highest BCUT2D eigenvalue weighted by molar-refractivity contribution is 5.05. The van der Waals surface area contributed by atoms with E-state index in [0.29, 0.717) is 23.6 Å². The number of aromatic nitrogens is 2. The predicted molar refractivity (Wildman–Crippen MR) is 53.3 cm³/mol. The summed E-state index contributed by atoms with van der Waals surface area (Å²) in [6.45, 7) is 5.57. The van der Waals surface area contributed by atoms with Crippen molar-refractivity contribution in [2.75, 3.05) is 0 Å². The third-order valence-electron chi connectivity index (χ3n) is 2.63. The SMILES string of the molecule is CCCCCc1n(O)c(C)c(C)[n+]1[O-]. The van der Waals surface area contributed by atoms with Gasteiger partial charge in [-0.1, -0.05) is 19.8 Å². The van der Waals surface area contributed by atoms with Gasteiger partial charge in [0.05, 0.1) is 6.42 Å². The first kappa shape index (κ1) is 10.9. The van der Waals surface area contributed by atoms with E-state index < -0.39 is 0 Å². The molecule has 0 amide bonds. The molecule has 0 fully saturated rings. The lowest BCUT2D eigenvalue weighted by molar-refractivity contribution is -0.621. The van der Waals surface area contributed by atoms with Crippen LogP contribution in [0, 0.1) is 19.1 Å². The van der Waals surface area contributed by atoms with Crippen LogP contribution in [0.4, 0.5) is 0 Å². The summed E-state index contributed by atoms with van der Waals surface area (Å²) in [7, 11) is 0. The summed E-state index contributed by atoms with van der Waals surface area (Å²) in [5, 5.41) is 21.1. The topological polar surface area (TPSA) is 52.1 Å². The van der Waals surface area contributed by atoms with Crippen molar-refractivity contribution in [3.8, 4) is 0 Å². The van der Waals surface area contributed by atoms with Gasteiger partial charge in [0.1, 0.15) is 5.69 Å². The van der Waals surface area contributed by atoms with Gasteiger partial charge in [-0.2, -0.15) is 0 Å². The Morgan fingerprint density at radius 2 is 2.00 bits per heavy atom. The van der Waals surface area contributed by atoms with Gasteiger partial charge in [0.2, 0.25) is 0 Å². The van der Waals surface area contributed by atoms with Gasteiger partial charge in [-0.25, -0.2) is 4.73 Å². The minimum absolute atomic E-state index is 0.452. The Kier molecular flexibility index (Phi) is 3.38. The van der Waals surface area contributed by atoms with Crippen molar-refractivity contribution < 1.29 is 9.94 Å². The second-order valence-corrected chi connectivity index (χ2v) is 3.65. The molecule has 0 radical (unpaired) electrons. The maximum Gasteiger partial charge on any atom is 0.299 e. The molecule has 4 nitrogen and oxygen atoms in total. The zero-order valence-electron chi connectivity index (χ0n) is 9.08. The van der Waals surface area contributed by atoms with Crippen LogP contribution in [0.15, 0.2) is 0 Å². The van der Waals surface area contributed by atoms with Gasteiger partial charge in [0.25, 0.3) is 5.82 Å². The van der Waals surface area contributed by atoms with Crippen LogP contribution in [0.5, 0.6) is 0 Å². The number of nitrogens with zero attached hydrogens (tertiary/aromatic N) is 2. The summed E-state index contributed by atoms with van der Waals surface area (Å²) >= 11 is 0. The zero-order chi connectivity index (χ0) is 10.7. The summed E-state index contributed by atoms with van der Waals surface area (Å²) in [6, 6.07) is 0. The first-order valence-corrected chi connectivity index (χ1v) is 5.09. The van der Waals surface area contributed by atoms with Crippen LogP contribution in [0.3, 0.4) is 0 Å². The Bertz CT molecular complexity index is 293. The molecule has 4 heteroatoms. The van der Waals surface area contributed by atoms with Crippen molar-refractivity contribution in [1.29, 1.82) is 0 Å². The monoisotopic (exact) mass is 198 g/mol. The van der Waals surface area contributed by atoms with E-state index in [9.17, 15) is 10.4 Å². The van der Waals surface area contributed by atoms with Crippen LogP contribution in [-0.4, -0.2) is 9.94 Å². The van der Waals surface area contributed by atoms with Gasteiger partial charge in [-0.05, 0) is 11.2 Å². The van der Waals surface area contributed by atoms with Gasteiger partial charge < -0.3 is 10.4 Å². The minimum Gasteiger partial charge on any atom is -0.710 e. The molecule has 1 rings (SSSR count). The van der Waals surface area contributed by atoms with Gasteiger partial charge in [0.15, 0.2) is 5.69 Å². The lowest BCUT2D eigenvalue weighted by Crippen LogP contribution is -2.33. The number of unbranched alkanes of at least 4 members (excludes halogenated alkanes) is 2. The Morgan fingerprint density at radius 3 is 2.43 bits per heavy atom. The normalized spacial score (nSPS) is 10.8. The molecule has 0 atom stereocenters. The molecule has 1 aromatic rings. The van der Waals surface area contributed by atoms with Crippen molar-refractivity contribution >= 4 is 0 Å². The first-order valence-electron chi connectivity index (χ1n) is 5.09. The Labute approximate surface area is 84.3 Å². The second-order valence-electron chi connectivity index (χ2n) is 3.65. The van der Waals surface area contributed by atoms with Gasteiger partial charge in [0, 0.05) is 13.8 Å². The molecular weight excluding hydrogens is 180 g/mol. The Hall–Kier alpha value is -1.19. The molecule has 0 bridgehead atoms. The molecule has 0 aliphatic rings. The van der Waals surface area contributed by atoms with Crippen LogP contribution in [0.25, 0.3) is 0 Å². The molecule has 14 heavy (non-hydrogen) atoms. The fraction of sp³-hybridized carbons (Fsp3) is 0.700. The second kappa shape index (κ2) is 4.35. The molecule has 0 saturated carbocycles. The quantitative estimate of drug-likeness (QED) is 0.346. The smallest absolute Gasteiger partial charge is 0.299 e. The summed E-state index contributed by atoms with van der Waals surface area (Å²) in [4.78, 5) is 0. The molecule has 1 heterocycles. The van der Waals surface area contributed by atoms with E-state index in [1.54, 1.807) is 13.8 Å². The molecule has 80 valence electrons. The van der Waals surface area contributed by atoms with E-state index in [1.807, 2.05) is 0 Å². The summed E-state index contributed by atoms with van der Waals surface area (Å²) in [6.07, 6.45) is 3.79. The zero-order valence-corrected chi connectivity index (χ0v) is 9.08. The number of hydrogen-bond acceptors (Lipinski definition) is 2. The van der Waals surface area contributed by atoms with E-state index >= 15 is 0 Å². The van der Waals surface area contributed by atoms with Gasteiger partial charge >= 0.3 is 0 Å². The van der Waals surface area contributed by atoms with Crippen molar-refractivity contribution in [3.63, 3.8) is 0 Å². The largest absolute Gasteiger partial charge is 0.710 e. The summed E-state index contributed by atoms with van der Waals surface area (Å²) < 4.78 is 1.84. The highest BCUT2D eigenvalue weighted by Crippen LogP contribution is 2.08. The summed E-state index contributed by atoms with van der Waals surface area (Å²) in [5.41, 5.74) is 1.21. The number of rotatable bonds is 4. The van der Waals surface area contributed by atoms with Crippen LogP contribution < -0.4 is 4.73 Å². The molecule has 0 spiro atoms. The standard InChI is InChI=1S/C10H18N2O2/c1-4-5-6-7-10-11(13)8(2)9(3)12(10)14/h13H,4-7H2,1-3H3. The van der Waals surface area contributed by atoms with E-state index in [1.165, 1.54) is 0 Å². The molecule has 0 aromatic carbocycles. The molecule has 0 unspecified atom stereocenters. The average molecular weight is 198 g/mol. The lowest BCUT2D eigenvalue weighted by Gasteiger charge is -2.03. The lowest BCUT2D eigenvalue weighted by atomic mass is 10.2. The van der Waals surface area contributed by atoms with Crippen molar-refractivity contribution in [2.45, 2.75) is 46.5 Å². The third kappa shape index (κ3) is 1.84. The predicted octanol–water partition coefficient (Wildman–Crippen LogP) is 1.71. The molecule has 1 N–H and O–H groups in total. The number of hydrogen-bond donors (Lipinski definition) is 1. The van der Waals surface area contributed by atoms with E-state index in [-0.39, 0.29) is 0 Å². The van der Waals surface area contributed by atoms with E-state index in [0.717, 1.165) is 28.7 Å². The fourth-order valence-electron chi connectivity index (χ4n) is 1.51. The van der Waals surface area contributed by atoms with Crippen LogP contribution in [0.1, 0.15) is 43.4 Å². The minimum atomic E-state index is 0.452. The maximum atomic E-state index is 11.5. The van der Waals surface area contributed by atoms with E-state index in [2.05, 4.69) is 6.92 Å². The van der Waals surface area contributed by atoms with Gasteiger partial charge in [-0.3, -0.25) is 0 Å². The van der Waals surface area contributed by atoms with Gasteiger partial charge in [-0.15, -0.1) is 0 Å². The van der Waals surface area contributed by atoms with Crippen molar-refractivity contribution in [1.82, 2.24) is 4.73 Å². The maximum absolute atomic E-state index is 11.5. The molecule has 0 aliphatic heterocycles. The highest BCUT2D eigenvalue weighted by atomic mass is 16.5. The molecular formula is C10H18N2O2. The van der Waals surface area contributed by atoms with Crippen LogP contribution in [-0.2, 0) is 6.42 Å². The fourth-order valence-corrected chi connectivity index (χ4v) is 1.51. The highest BCUT2D eigenvalue weighted by Gasteiger charge is 2.20. The van der Waals surface area contributed by atoms with E-state index in [4.69, 9.17) is 0 Å². The average Bonchev–Trinajstić information content (AvgIpc) is 2.35. The molecule has 0 aliphatic carbocycles. The first-order chi connectivity index (χ1) is 6.59. The Morgan fingerprint density at radius 1 is 1.36 bits per heavy atom. The number of imidazole rings is 1. The van der Waals surface area contributed by atoms with Crippen LogP contribution >= 0.6 is 0 Å². The summed E-state index contributed by atoms with van der Waals surface area (Å²) in [5.74, 6) is 0.452. The van der Waals surface area contributed by atoms with Crippen molar-refractivity contribution in [2.24, 2.45) is 0 Å². The Balaban J connectivity index is 2.81. The van der Waals surface area contributed by atoms with Crippen molar-refractivity contribution in [3.05, 3.63) is 22.4 Å². The third-order valence-corrected chi connectivity index (χ3v) is 2.63. The van der Waals surface area contributed by atoms with Crippen LogP contribution in [0.2, 0.25) is 0 Å². The molecule has 0 saturated heterocycles.